The third-order valence-electron chi connectivity index (χ3n) is 3.76. The average Bonchev–Trinajstić information content (AvgIpc) is 2.91. The number of benzene rings is 1. The van der Waals surface area contributed by atoms with E-state index in [4.69, 9.17) is 0 Å². The molecule has 1 fully saturated rings. The summed E-state index contributed by atoms with van der Waals surface area (Å²) in [6.45, 7) is 2.61. The van der Waals surface area contributed by atoms with Crippen molar-refractivity contribution >= 4 is 23.2 Å². The normalized spacial score (nSPS) is 22.0. The Balaban J connectivity index is 1.91. The molecule has 1 aromatic carbocycles. The molecule has 1 N–H and O–H groups in total. The Kier molecular flexibility index (Phi) is 2.78. The van der Waals surface area contributed by atoms with Crippen molar-refractivity contribution in [2.75, 3.05) is 22.9 Å². The molecule has 19 heavy (non-hydrogen) atoms. The number of rotatable bonds is 1. The lowest BCUT2D eigenvalue weighted by atomic mass is 10.1. The molecule has 0 bridgehead atoms. The molecular weight excluding hydrogens is 244 g/mol. The SMILES string of the molecule is CC(=O)N1CCc2cc(N3CC(O)CC3=O)ccc21. The molecule has 2 heterocycles. The minimum absolute atomic E-state index is 0.0409. The number of fused-ring (bicyclic) bond motifs is 1. The predicted molar refractivity (Wildman–Crippen MR) is 71.1 cm³/mol. The number of carbonyl (C=O) groups is 2. The molecule has 1 unspecified atom stereocenters. The highest BCUT2D eigenvalue weighted by atomic mass is 16.3. The minimum atomic E-state index is -0.575. The molecule has 0 radical (unpaired) electrons. The molecule has 2 aliphatic rings. The first-order valence-corrected chi connectivity index (χ1v) is 6.45. The molecule has 1 aromatic rings. The fourth-order valence-electron chi connectivity index (χ4n) is 2.82. The summed E-state index contributed by atoms with van der Waals surface area (Å²) >= 11 is 0. The van der Waals surface area contributed by atoms with E-state index < -0.39 is 6.10 Å². The molecule has 0 spiro atoms. The van der Waals surface area contributed by atoms with E-state index in [0.29, 0.717) is 13.1 Å². The largest absolute Gasteiger partial charge is 0.391 e. The highest BCUT2D eigenvalue weighted by Gasteiger charge is 2.30. The van der Waals surface area contributed by atoms with E-state index in [0.717, 1.165) is 23.4 Å². The lowest BCUT2D eigenvalue weighted by Crippen LogP contribution is -2.26. The van der Waals surface area contributed by atoms with Gasteiger partial charge in [-0.05, 0) is 30.2 Å². The molecule has 5 nitrogen and oxygen atoms in total. The minimum Gasteiger partial charge on any atom is -0.391 e. The lowest BCUT2D eigenvalue weighted by molar-refractivity contribution is -0.118. The summed E-state index contributed by atoms with van der Waals surface area (Å²) < 4.78 is 0. The number of amides is 2. The zero-order valence-corrected chi connectivity index (χ0v) is 10.8. The van der Waals surface area contributed by atoms with E-state index in [1.807, 2.05) is 18.2 Å². The Hall–Kier alpha value is -1.88. The summed E-state index contributed by atoms with van der Waals surface area (Å²) in [5.41, 5.74) is 2.83. The molecule has 1 atom stereocenters. The molecule has 0 saturated carbocycles. The van der Waals surface area contributed by atoms with Gasteiger partial charge in [0, 0.05) is 24.8 Å². The smallest absolute Gasteiger partial charge is 0.229 e. The summed E-state index contributed by atoms with van der Waals surface area (Å²) in [6, 6.07) is 5.68. The number of anilines is 2. The van der Waals surface area contributed by atoms with Gasteiger partial charge in [0.1, 0.15) is 0 Å². The summed E-state index contributed by atoms with van der Waals surface area (Å²) in [5, 5.41) is 9.52. The fourth-order valence-corrected chi connectivity index (χ4v) is 2.82. The summed E-state index contributed by atoms with van der Waals surface area (Å²) in [6.07, 6.45) is 0.429. The van der Waals surface area contributed by atoms with Gasteiger partial charge in [0.15, 0.2) is 0 Å². The van der Waals surface area contributed by atoms with Crippen LogP contribution in [0, 0.1) is 0 Å². The first-order chi connectivity index (χ1) is 9.06. The average molecular weight is 260 g/mol. The zero-order valence-electron chi connectivity index (χ0n) is 10.8. The van der Waals surface area contributed by atoms with Crippen LogP contribution in [0.2, 0.25) is 0 Å². The molecule has 2 amide bonds. The van der Waals surface area contributed by atoms with Crippen LogP contribution in [0.1, 0.15) is 18.9 Å². The fraction of sp³-hybridized carbons (Fsp3) is 0.429. The molecule has 5 heteroatoms. The maximum atomic E-state index is 11.8. The zero-order chi connectivity index (χ0) is 13.6. The Morgan fingerprint density at radius 3 is 2.84 bits per heavy atom. The van der Waals surface area contributed by atoms with Crippen LogP contribution >= 0.6 is 0 Å². The molecule has 100 valence electrons. The van der Waals surface area contributed by atoms with Gasteiger partial charge in [-0.3, -0.25) is 9.59 Å². The van der Waals surface area contributed by atoms with Gasteiger partial charge in [-0.25, -0.2) is 0 Å². The van der Waals surface area contributed by atoms with Gasteiger partial charge in [0.2, 0.25) is 11.8 Å². The Labute approximate surface area is 111 Å². The van der Waals surface area contributed by atoms with Crippen molar-refractivity contribution in [3.63, 3.8) is 0 Å². The number of hydrogen-bond donors (Lipinski definition) is 1. The molecule has 1 saturated heterocycles. The first kappa shape index (κ1) is 12.2. The predicted octanol–water partition coefficient (Wildman–Crippen LogP) is 0.693. The van der Waals surface area contributed by atoms with E-state index in [1.165, 1.54) is 0 Å². The van der Waals surface area contributed by atoms with Crippen LogP contribution in [-0.2, 0) is 16.0 Å². The quantitative estimate of drug-likeness (QED) is 0.808. The summed E-state index contributed by atoms with van der Waals surface area (Å²) in [4.78, 5) is 26.6. The van der Waals surface area contributed by atoms with Gasteiger partial charge >= 0.3 is 0 Å². The van der Waals surface area contributed by atoms with Crippen molar-refractivity contribution in [2.24, 2.45) is 0 Å². The second kappa shape index (κ2) is 4.35. The number of aliphatic hydroxyl groups excluding tert-OH is 1. The van der Waals surface area contributed by atoms with Crippen LogP contribution in [0.4, 0.5) is 11.4 Å². The third-order valence-corrected chi connectivity index (χ3v) is 3.76. The van der Waals surface area contributed by atoms with Gasteiger partial charge in [-0.1, -0.05) is 0 Å². The van der Waals surface area contributed by atoms with Crippen LogP contribution < -0.4 is 9.80 Å². The van der Waals surface area contributed by atoms with Crippen molar-refractivity contribution in [2.45, 2.75) is 25.9 Å². The second-order valence-electron chi connectivity index (χ2n) is 5.10. The standard InChI is InChI=1S/C14H16N2O3/c1-9(17)15-5-4-10-6-11(2-3-13(10)15)16-8-12(18)7-14(16)19/h2-3,6,12,18H,4-5,7-8H2,1H3. The number of aliphatic hydroxyl groups is 1. The second-order valence-corrected chi connectivity index (χ2v) is 5.10. The van der Waals surface area contributed by atoms with Crippen molar-refractivity contribution in [1.82, 2.24) is 0 Å². The molecule has 3 rings (SSSR count). The number of nitrogens with zero attached hydrogens (tertiary/aromatic N) is 2. The highest BCUT2D eigenvalue weighted by Crippen LogP contribution is 2.33. The van der Waals surface area contributed by atoms with E-state index in [2.05, 4.69) is 0 Å². The lowest BCUT2D eigenvalue weighted by Gasteiger charge is -2.18. The van der Waals surface area contributed by atoms with Crippen molar-refractivity contribution < 1.29 is 14.7 Å². The van der Waals surface area contributed by atoms with Gasteiger partial charge < -0.3 is 14.9 Å². The Bertz CT molecular complexity index is 556. The van der Waals surface area contributed by atoms with Crippen molar-refractivity contribution in [3.8, 4) is 0 Å². The Morgan fingerprint density at radius 2 is 2.21 bits per heavy atom. The van der Waals surface area contributed by atoms with E-state index in [1.54, 1.807) is 16.7 Å². The molecule has 0 aliphatic carbocycles. The number of β-amino-alcohol motifs (C(OH)–C–C–N with tert-alkyl or cyclic N) is 1. The van der Waals surface area contributed by atoms with Crippen LogP contribution in [0.15, 0.2) is 18.2 Å². The first-order valence-electron chi connectivity index (χ1n) is 6.45. The van der Waals surface area contributed by atoms with Crippen LogP contribution in [0.5, 0.6) is 0 Å². The van der Waals surface area contributed by atoms with Crippen LogP contribution in [0.3, 0.4) is 0 Å². The van der Waals surface area contributed by atoms with Crippen molar-refractivity contribution in [3.05, 3.63) is 23.8 Å². The van der Waals surface area contributed by atoms with Gasteiger partial charge in [0.05, 0.1) is 19.1 Å². The molecular formula is C14H16N2O3. The number of hydrogen-bond acceptors (Lipinski definition) is 3. The maximum absolute atomic E-state index is 11.8. The van der Waals surface area contributed by atoms with Gasteiger partial charge in [0.25, 0.3) is 0 Å². The third kappa shape index (κ3) is 2.00. The van der Waals surface area contributed by atoms with Crippen LogP contribution in [-0.4, -0.2) is 36.1 Å². The van der Waals surface area contributed by atoms with Gasteiger partial charge in [-0.15, -0.1) is 0 Å². The summed E-state index contributed by atoms with van der Waals surface area (Å²) in [5.74, 6) is -0.00644. The van der Waals surface area contributed by atoms with E-state index in [-0.39, 0.29) is 18.2 Å². The van der Waals surface area contributed by atoms with Crippen LogP contribution in [0.25, 0.3) is 0 Å². The Morgan fingerprint density at radius 1 is 1.42 bits per heavy atom. The van der Waals surface area contributed by atoms with E-state index in [9.17, 15) is 14.7 Å². The summed E-state index contributed by atoms with van der Waals surface area (Å²) in [7, 11) is 0. The van der Waals surface area contributed by atoms with E-state index >= 15 is 0 Å². The number of carbonyl (C=O) groups excluding carboxylic acids is 2. The molecule has 0 aromatic heterocycles. The highest BCUT2D eigenvalue weighted by molar-refractivity contribution is 5.98. The molecule has 2 aliphatic heterocycles. The monoisotopic (exact) mass is 260 g/mol. The topological polar surface area (TPSA) is 60.9 Å². The maximum Gasteiger partial charge on any atom is 0.229 e. The van der Waals surface area contributed by atoms with Gasteiger partial charge in [-0.2, -0.15) is 0 Å². The van der Waals surface area contributed by atoms with Crippen molar-refractivity contribution in [1.29, 1.82) is 0 Å².